The molecule has 0 N–H and O–H groups in total. The van der Waals surface area contributed by atoms with E-state index in [4.69, 9.17) is 5.53 Å². The predicted octanol–water partition coefficient (Wildman–Crippen LogP) is 0.871. The summed E-state index contributed by atoms with van der Waals surface area (Å²) in [5.41, 5.74) is 8.07. The maximum absolute atomic E-state index is 10.8. The maximum Gasteiger partial charge on any atom is 0.269 e. The molecule has 1 heterocycles. The van der Waals surface area contributed by atoms with Crippen LogP contribution < -0.4 is 0 Å². The Morgan fingerprint density at radius 2 is 2.64 bits per heavy atom. The molecule has 6 nitrogen and oxygen atoms in total. The van der Waals surface area contributed by atoms with Gasteiger partial charge < -0.3 is 0 Å². The van der Waals surface area contributed by atoms with Crippen molar-refractivity contribution in [3.63, 3.8) is 0 Å². The molecule has 0 aliphatic heterocycles. The third-order valence-electron chi connectivity index (χ3n) is 1.07. The molecule has 0 saturated carbocycles. The van der Waals surface area contributed by atoms with Crippen molar-refractivity contribution in [1.82, 2.24) is 9.78 Å². The van der Waals surface area contributed by atoms with Crippen molar-refractivity contribution < 1.29 is 4.79 Å². The third-order valence-corrected chi connectivity index (χ3v) is 1.07. The minimum atomic E-state index is -0.659. The first kappa shape index (κ1) is 7.30. The summed E-state index contributed by atoms with van der Waals surface area (Å²) in [6.07, 6.45) is 1.60. The van der Waals surface area contributed by atoms with Crippen LogP contribution in [0.4, 0.5) is 0 Å². The molecule has 0 aliphatic carbocycles. The highest BCUT2D eigenvalue weighted by atomic mass is 16.1. The molecule has 0 atom stereocenters. The fraction of sp³-hybridized carbons (Fsp3) is 0.200. The van der Waals surface area contributed by atoms with Crippen LogP contribution in [0.5, 0.6) is 0 Å². The smallest absolute Gasteiger partial charge is 0.269 e. The molecule has 1 rings (SSSR count). The quantitative estimate of drug-likeness (QED) is 0.339. The number of aryl methyl sites for hydroxylation is 1. The van der Waals surface area contributed by atoms with Gasteiger partial charge in [0.25, 0.3) is 5.91 Å². The minimum Gasteiger partial charge on any atom is -0.285 e. The molecule has 56 valence electrons. The Balaban J connectivity index is 2.93. The number of carbonyl (C=O) groups excluding carboxylic acids is 1. The van der Waals surface area contributed by atoms with Crippen molar-refractivity contribution in [3.05, 3.63) is 28.4 Å². The molecule has 1 amide bonds. The standard InChI is InChI=1S/C5H5N5O/c1-10-3-2-4(8-10)5(11)7-9-6/h2-3H,1H3. The molecule has 1 aromatic rings. The van der Waals surface area contributed by atoms with Gasteiger partial charge in [-0.25, -0.2) is 0 Å². The Kier molecular flexibility index (Phi) is 1.89. The molecule has 0 fully saturated rings. The number of carbonyl (C=O) groups is 1. The van der Waals surface area contributed by atoms with Gasteiger partial charge >= 0.3 is 0 Å². The lowest BCUT2D eigenvalue weighted by atomic mass is 10.4. The van der Waals surface area contributed by atoms with E-state index in [0.29, 0.717) is 0 Å². The molecule has 6 heteroatoms. The fourth-order valence-electron chi connectivity index (χ4n) is 0.621. The first-order valence-corrected chi connectivity index (χ1v) is 2.83. The fourth-order valence-corrected chi connectivity index (χ4v) is 0.621. The van der Waals surface area contributed by atoms with E-state index in [1.165, 1.54) is 10.7 Å². The molecule has 1 aromatic heterocycles. The van der Waals surface area contributed by atoms with Crippen molar-refractivity contribution >= 4 is 5.91 Å². The number of hydrogen-bond acceptors (Lipinski definition) is 2. The number of nitrogens with zero attached hydrogens (tertiary/aromatic N) is 5. The number of aromatic nitrogens is 2. The highest BCUT2D eigenvalue weighted by molar-refractivity contribution is 5.92. The Hall–Kier alpha value is -1.81. The second kappa shape index (κ2) is 2.85. The topological polar surface area (TPSA) is 83.7 Å². The number of rotatable bonds is 1. The average Bonchev–Trinajstić information content (AvgIpc) is 2.36. The van der Waals surface area contributed by atoms with Crippen LogP contribution in [0.2, 0.25) is 0 Å². The van der Waals surface area contributed by atoms with E-state index in [1.807, 2.05) is 0 Å². The second-order valence-electron chi connectivity index (χ2n) is 1.87. The van der Waals surface area contributed by atoms with Crippen molar-refractivity contribution in [2.45, 2.75) is 0 Å². The first-order valence-electron chi connectivity index (χ1n) is 2.83. The van der Waals surface area contributed by atoms with E-state index in [-0.39, 0.29) is 5.69 Å². The summed E-state index contributed by atoms with van der Waals surface area (Å²) >= 11 is 0. The van der Waals surface area contributed by atoms with Crippen molar-refractivity contribution in [2.24, 2.45) is 12.2 Å². The van der Waals surface area contributed by atoms with Crippen LogP contribution in [-0.4, -0.2) is 15.7 Å². The zero-order chi connectivity index (χ0) is 8.27. The van der Waals surface area contributed by atoms with Gasteiger partial charge in [0, 0.05) is 18.2 Å². The van der Waals surface area contributed by atoms with Gasteiger partial charge in [-0.1, -0.05) is 0 Å². The zero-order valence-corrected chi connectivity index (χ0v) is 5.80. The summed E-state index contributed by atoms with van der Waals surface area (Å²) in [7, 11) is 1.67. The van der Waals surface area contributed by atoms with Crippen molar-refractivity contribution in [2.75, 3.05) is 0 Å². The number of amides is 1. The molecule has 0 radical (unpaired) electrons. The highest BCUT2D eigenvalue weighted by Gasteiger charge is 2.04. The van der Waals surface area contributed by atoms with Gasteiger partial charge in [0.05, 0.1) is 0 Å². The Morgan fingerprint density at radius 1 is 1.91 bits per heavy atom. The van der Waals surface area contributed by atoms with Crippen molar-refractivity contribution in [1.29, 1.82) is 0 Å². The van der Waals surface area contributed by atoms with Gasteiger partial charge in [0.15, 0.2) is 0 Å². The Bertz CT molecular complexity index is 321. The monoisotopic (exact) mass is 151 g/mol. The largest absolute Gasteiger partial charge is 0.285 e. The summed E-state index contributed by atoms with van der Waals surface area (Å²) in [5, 5.41) is 6.61. The number of azide groups is 1. The molecule has 0 unspecified atom stereocenters. The summed E-state index contributed by atoms with van der Waals surface area (Å²) in [4.78, 5) is 13.1. The van der Waals surface area contributed by atoms with Gasteiger partial charge in [0.2, 0.25) is 0 Å². The van der Waals surface area contributed by atoms with Crippen LogP contribution >= 0.6 is 0 Å². The lowest BCUT2D eigenvalue weighted by molar-refractivity contribution is 0.0995. The normalized spacial score (nSPS) is 8.82. The summed E-state index contributed by atoms with van der Waals surface area (Å²) in [6.45, 7) is 0. The van der Waals surface area contributed by atoms with Crippen LogP contribution in [0.1, 0.15) is 10.5 Å². The molecule has 0 saturated heterocycles. The van der Waals surface area contributed by atoms with Crippen LogP contribution in [-0.2, 0) is 7.05 Å². The first-order chi connectivity index (χ1) is 5.24. The maximum atomic E-state index is 10.8. The van der Waals surface area contributed by atoms with E-state index in [9.17, 15) is 4.79 Å². The molecular weight excluding hydrogens is 146 g/mol. The van der Waals surface area contributed by atoms with E-state index in [2.05, 4.69) is 15.1 Å². The zero-order valence-electron chi connectivity index (χ0n) is 5.80. The lowest BCUT2D eigenvalue weighted by Gasteiger charge is -1.84. The van der Waals surface area contributed by atoms with E-state index in [1.54, 1.807) is 13.2 Å². The molecule has 0 aliphatic rings. The third kappa shape index (κ3) is 1.56. The van der Waals surface area contributed by atoms with Gasteiger partial charge in [-0.2, -0.15) is 5.10 Å². The number of hydrogen-bond donors (Lipinski definition) is 0. The summed E-state index contributed by atoms with van der Waals surface area (Å²) in [6, 6.07) is 1.48. The lowest BCUT2D eigenvalue weighted by Crippen LogP contribution is -1.96. The summed E-state index contributed by atoms with van der Waals surface area (Å²) in [5.74, 6) is -0.659. The summed E-state index contributed by atoms with van der Waals surface area (Å²) < 4.78 is 1.46. The van der Waals surface area contributed by atoms with Gasteiger partial charge in [-0.15, -0.1) is 0 Å². The van der Waals surface area contributed by atoms with Crippen LogP contribution in [0.3, 0.4) is 0 Å². The minimum absolute atomic E-state index is 0.158. The van der Waals surface area contributed by atoms with E-state index in [0.717, 1.165) is 0 Å². The average molecular weight is 151 g/mol. The van der Waals surface area contributed by atoms with Crippen LogP contribution in [0.25, 0.3) is 10.4 Å². The Labute approximate surface area is 62.1 Å². The molecule has 0 aromatic carbocycles. The second-order valence-corrected chi connectivity index (χ2v) is 1.87. The van der Waals surface area contributed by atoms with Crippen LogP contribution in [0.15, 0.2) is 17.4 Å². The molecular formula is C5H5N5O. The van der Waals surface area contributed by atoms with Gasteiger partial charge in [-0.05, 0) is 16.7 Å². The molecule has 11 heavy (non-hydrogen) atoms. The van der Waals surface area contributed by atoms with E-state index < -0.39 is 5.91 Å². The predicted molar refractivity (Wildman–Crippen MR) is 36.7 cm³/mol. The van der Waals surface area contributed by atoms with Crippen LogP contribution in [0, 0.1) is 0 Å². The van der Waals surface area contributed by atoms with Gasteiger partial charge in [-0.3, -0.25) is 9.48 Å². The van der Waals surface area contributed by atoms with Gasteiger partial charge in [0.1, 0.15) is 5.69 Å². The van der Waals surface area contributed by atoms with Crippen molar-refractivity contribution in [3.8, 4) is 0 Å². The molecule has 0 bridgehead atoms. The SMILES string of the molecule is Cn1ccc(C(=O)N=[N+]=[N-])n1. The molecule has 0 spiro atoms. The Morgan fingerprint density at radius 3 is 3.09 bits per heavy atom. The highest BCUT2D eigenvalue weighted by Crippen LogP contribution is 1.96. The van der Waals surface area contributed by atoms with E-state index >= 15 is 0 Å².